The van der Waals surface area contributed by atoms with Crippen molar-refractivity contribution in [3.05, 3.63) is 41.5 Å². The first-order chi connectivity index (χ1) is 16.7. The number of hydrogen-bond acceptors (Lipinski definition) is 7. The zero-order valence-corrected chi connectivity index (χ0v) is 21.3. The second-order valence-electron chi connectivity index (χ2n) is 9.24. The van der Waals surface area contributed by atoms with Crippen molar-refractivity contribution in [3.63, 3.8) is 0 Å². The summed E-state index contributed by atoms with van der Waals surface area (Å²) >= 11 is 0. The summed E-state index contributed by atoms with van der Waals surface area (Å²) in [7, 11) is 0. The van der Waals surface area contributed by atoms with Gasteiger partial charge in [0.2, 0.25) is 11.8 Å². The summed E-state index contributed by atoms with van der Waals surface area (Å²) < 4.78 is 37.3. The number of carbonyl (C=O) groups is 1. The van der Waals surface area contributed by atoms with Crippen molar-refractivity contribution in [3.8, 4) is 17.5 Å². The Bertz CT molecular complexity index is 977. The Hall–Kier alpha value is -2.94. The lowest BCUT2D eigenvalue weighted by molar-refractivity contribution is 0.0505. The molecule has 0 unspecified atom stereocenters. The molecule has 9 heteroatoms. The quantitative estimate of drug-likeness (QED) is 0.410. The topological polar surface area (TPSA) is 83.0 Å². The molecule has 1 fully saturated rings. The van der Waals surface area contributed by atoms with Crippen molar-refractivity contribution in [2.45, 2.75) is 78.6 Å². The molecule has 0 radical (unpaired) electrons. The monoisotopic (exact) mass is 489 g/mol. The zero-order chi connectivity index (χ0) is 25.4. The van der Waals surface area contributed by atoms with Gasteiger partial charge in [0.05, 0.1) is 17.8 Å². The smallest absolute Gasteiger partial charge is 0.410 e. The van der Waals surface area contributed by atoms with Gasteiger partial charge in [0.25, 0.3) is 0 Å². The van der Waals surface area contributed by atoms with E-state index in [2.05, 4.69) is 9.97 Å². The first-order valence-corrected chi connectivity index (χ1v) is 12.2. The maximum absolute atomic E-state index is 14.7. The number of likely N-dealkylation sites (tertiary alicyclic amines) is 1. The minimum atomic E-state index is -0.451. The van der Waals surface area contributed by atoms with E-state index in [9.17, 15) is 9.18 Å². The molecular formula is C26H36FN3O5. The molecule has 1 amide bonds. The van der Waals surface area contributed by atoms with Crippen molar-refractivity contribution in [2.24, 2.45) is 0 Å². The molecule has 0 atom stereocenters. The van der Waals surface area contributed by atoms with Crippen molar-refractivity contribution in [1.29, 1.82) is 0 Å². The highest BCUT2D eigenvalue weighted by molar-refractivity contribution is 5.67. The van der Waals surface area contributed by atoms with E-state index in [1.807, 2.05) is 33.8 Å². The highest BCUT2D eigenvalue weighted by Gasteiger charge is 2.26. The van der Waals surface area contributed by atoms with Crippen molar-refractivity contribution in [2.75, 3.05) is 19.7 Å². The Morgan fingerprint density at radius 1 is 1.11 bits per heavy atom. The summed E-state index contributed by atoms with van der Waals surface area (Å²) in [5, 5.41) is 0. The first-order valence-electron chi connectivity index (χ1n) is 12.2. The molecule has 2 aromatic rings. The molecule has 3 rings (SSSR count). The number of hydrogen-bond donors (Lipinski definition) is 0. The van der Waals surface area contributed by atoms with E-state index in [0.717, 1.165) is 18.4 Å². The van der Waals surface area contributed by atoms with Crippen molar-refractivity contribution in [1.82, 2.24) is 14.9 Å². The van der Waals surface area contributed by atoms with E-state index in [1.165, 1.54) is 12.4 Å². The van der Waals surface area contributed by atoms with Crippen LogP contribution in [0, 0.1) is 12.7 Å². The van der Waals surface area contributed by atoms with Gasteiger partial charge in [0.15, 0.2) is 11.6 Å². The molecule has 0 aliphatic carbocycles. The van der Waals surface area contributed by atoms with E-state index < -0.39 is 5.82 Å². The lowest BCUT2D eigenvalue weighted by Gasteiger charge is -2.31. The number of halogens is 1. The van der Waals surface area contributed by atoms with E-state index in [4.69, 9.17) is 18.9 Å². The molecule has 35 heavy (non-hydrogen) atoms. The van der Waals surface area contributed by atoms with Crippen LogP contribution in [-0.2, 0) is 15.9 Å². The molecule has 0 bridgehead atoms. The Morgan fingerprint density at radius 3 is 2.49 bits per heavy atom. The van der Waals surface area contributed by atoms with Gasteiger partial charge >= 0.3 is 6.09 Å². The summed E-state index contributed by atoms with van der Waals surface area (Å²) in [5.41, 5.74) is 1.47. The minimum Gasteiger partial charge on any atom is -0.474 e. The van der Waals surface area contributed by atoms with E-state index in [1.54, 1.807) is 17.9 Å². The molecule has 1 aromatic heterocycles. The summed E-state index contributed by atoms with van der Waals surface area (Å²) in [6.45, 7) is 11.2. The summed E-state index contributed by atoms with van der Waals surface area (Å²) in [5.74, 6) is 0.274. The van der Waals surface area contributed by atoms with Crippen LogP contribution in [0.5, 0.6) is 17.5 Å². The fourth-order valence-electron chi connectivity index (χ4n) is 3.71. The third kappa shape index (κ3) is 8.06. The predicted molar refractivity (Wildman–Crippen MR) is 129 cm³/mol. The van der Waals surface area contributed by atoms with Gasteiger partial charge in [0, 0.05) is 32.5 Å². The molecule has 2 heterocycles. The molecule has 1 saturated heterocycles. The number of aromatic nitrogens is 2. The number of aryl methyl sites for hydroxylation is 1. The van der Waals surface area contributed by atoms with Crippen molar-refractivity contribution < 1.29 is 28.1 Å². The Labute approximate surface area is 206 Å². The van der Waals surface area contributed by atoms with Crippen LogP contribution in [0.1, 0.15) is 58.1 Å². The SMILES string of the molecule is Cc1c(Oc2ccc(CCCOC(C)C)cc2F)ncnc1OC1CCN(C(=O)OC(C)C)CC1. The lowest BCUT2D eigenvalue weighted by atomic mass is 10.1. The third-order valence-corrected chi connectivity index (χ3v) is 5.57. The van der Waals surface area contributed by atoms with Gasteiger partial charge in [0.1, 0.15) is 12.4 Å². The average Bonchev–Trinajstić information content (AvgIpc) is 2.80. The molecular weight excluding hydrogens is 453 g/mol. The highest BCUT2D eigenvalue weighted by atomic mass is 19.1. The van der Waals surface area contributed by atoms with Crippen LogP contribution in [0.25, 0.3) is 0 Å². The van der Waals surface area contributed by atoms with Gasteiger partial charge in [-0.15, -0.1) is 0 Å². The van der Waals surface area contributed by atoms with Crippen LogP contribution in [0.15, 0.2) is 24.5 Å². The average molecular weight is 490 g/mol. The second kappa shape index (κ2) is 12.7. The van der Waals surface area contributed by atoms with Gasteiger partial charge in [-0.1, -0.05) is 6.07 Å². The van der Waals surface area contributed by atoms with Gasteiger partial charge in [-0.05, 0) is 65.2 Å². The number of rotatable bonds is 10. The van der Waals surface area contributed by atoms with Gasteiger partial charge in [-0.3, -0.25) is 0 Å². The van der Waals surface area contributed by atoms with Crippen LogP contribution in [0.3, 0.4) is 0 Å². The normalized spacial score (nSPS) is 14.5. The third-order valence-electron chi connectivity index (χ3n) is 5.57. The van der Waals surface area contributed by atoms with E-state index in [-0.39, 0.29) is 36.0 Å². The van der Waals surface area contributed by atoms with E-state index in [0.29, 0.717) is 44.0 Å². The van der Waals surface area contributed by atoms with Gasteiger partial charge in [-0.25, -0.2) is 19.2 Å². The van der Waals surface area contributed by atoms with Crippen LogP contribution in [0.4, 0.5) is 9.18 Å². The molecule has 1 aromatic carbocycles. The molecule has 1 aliphatic heterocycles. The summed E-state index contributed by atoms with van der Waals surface area (Å²) in [6.07, 6.45) is 3.84. The molecule has 1 aliphatic rings. The van der Waals surface area contributed by atoms with Crippen molar-refractivity contribution >= 4 is 6.09 Å². The molecule has 0 spiro atoms. The maximum Gasteiger partial charge on any atom is 0.410 e. The molecule has 0 N–H and O–H groups in total. The van der Waals surface area contributed by atoms with Gasteiger partial charge < -0.3 is 23.8 Å². The summed E-state index contributed by atoms with van der Waals surface area (Å²) in [4.78, 5) is 22.2. The number of carbonyl (C=O) groups excluding carboxylic acids is 1. The number of piperidine rings is 1. The Morgan fingerprint density at radius 2 is 1.83 bits per heavy atom. The maximum atomic E-state index is 14.7. The van der Waals surface area contributed by atoms with Crippen LogP contribution in [-0.4, -0.2) is 59.0 Å². The fourth-order valence-corrected chi connectivity index (χ4v) is 3.71. The summed E-state index contributed by atoms with van der Waals surface area (Å²) in [6, 6.07) is 4.94. The molecule has 8 nitrogen and oxygen atoms in total. The number of nitrogens with zero attached hydrogens (tertiary/aromatic N) is 3. The second-order valence-corrected chi connectivity index (χ2v) is 9.24. The molecule has 192 valence electrons. The Balaban J connectivity index is 1.56. The van der Waals surface area contributed by atoms with Crippen LogP contribution < -0.4 is 9.47 Å². The number of amides is 1. The Kier molecular flexibility index (Phi) is 9.65. The predicted octanol–water partition coefficient (Wildman–Crippen LogP) is 5.46. The largest absolute Gasteiger partial charge is 0.474 e. The molecule has 0 saturated carbocycles. The minimum absolute atomic E-state index is 0.0944. The lowest BCUT2D eigenvalue weighted by Crippen LogP contribution is -2.42. The van der Waals surface area contributed by atoms with E-state index >= 15 is 0 Å². The van der Waals surface area contributed by atoms with Crippen LogP contribution >= 0.6 is 0 Å². The zero-order valence-electron chi connectivity index (χ0n) is 21.3. The first kappa shape index (κ1) is 26.7. The standard InChI is InChI=1S/C26H36FN3O5/c1-17(2)32-14-6-7-20-8-9-23(22(27)15-20)35-25-19(5)24(28-16-29-25)34-21-10-12-30(13-11-21)26(31)33-18(3)4/h8-9,15-18,21H,6-7,10-14H2,1-5H3. The van der Waals surface area contributed by atoms with Gasteiger partial charge in [-0.2, -0.15) is 0 Å². The number of benzene rings is 1. The number of ether oxygens (including phenoxy) is 4. The highest BCUT2D eigenvalue weighted by Crippen LogP contribution is 2.31. The fraction of sp³-hybridized carbons (Fsp3) is 0.577. The van der Waals surface area contributed by atoms with Crippen LogP contribution in [0.2, 0.25) is 0 Å².